The van der Waals surface area contributed by atoms with Crippen LogP contribution in [0.3, 0.4) is 0 Å². The molecule has 108 valence electrons. The van der Waals surface area contributed by atoms with Crippen molar-refractivity contribution in [2.75, 3.05) is 0 Å². The lowest BCUT2D eigenvalue weighted by Gasteiger charge is -2.32. The topological polar surface area (TPSA) is 20.2 Å². The molecule has 0 saturated carbocycles. The first-order chi connectivity index (χ1) is 7.63. The van der Waals surface area contributed by atoms with E-state index in [0.717, 1.165) is 6.08 Å². The second kappa shape index (κ2) is 4.75. The molecule has 0 aromatic carbocycles. The summed E-state index contributed by atoms with van der Waals surface area (Å²) in [4.78, 5) is 0. The molecule has 1 N–H and O–H groups in total. The van der Waals surface area contributed by atoms with E-state index in [1.54, 1.807) is 20.8 Å². The highest BCUT2D eigenvalue weighted by Gasteiger charge is 2.69. The van der Waals surface area contributed by atoms with E-state index >= 15 is 0 Å². The Hall–Kier alpha value is -0.720. The van der Waals surface area contributed by atoms with Gasteiger partial charge in [0.15, 0.2) is 0 Å². The number of rotatable bonds is 2. The highest BCUT2D eigenvalue weighted by atomic mass is 19.4. The van der Waals surface area contributed by atoms with Gasteiger partial charge in [0.25, 0.3) is 5.60 Å². The fourth-order valence-electron chi connectivity index (χ4n) is 0.999. The molecule has 0 amide bonds. The van der Waals surface area contributed by atoms with E-state index < -0.39 is 29.8 Å². The summed E-state index contributed by atoms with van der Waals surface area (Å²) in [5.41, 5.74) is -4.92. The van der Waals surface area contributed by atoms with Crippen LogP contribution in [0.2, 0.25) is 0 Å². The Bertz CT molecular complexity index is 304. The zero-order chi connectivity index (χ0) is 15.0. The Morgan fingerprint density at radius 2 is 1.28 bits per heavy atom. The Morgan fingerprint density at radius 3 is 1.50 bits per heavy atom. The molecule has 0 aromatic heterocycles. The van der Waals surface area contributed by atoms with Crippen LogP contribution in [0.4, 0.5) is 26.3 Å². The van der Waals surface area contributed by atoms with Gasteiger partial charge < -0.3 is 5.11 Å². The summed E-state index contributed by atoms with van der Waals surface area (Å²) in [5.74, 6) is 0. The van der Waals surface area contributed by atoms with E-state index in [-0.39, 0.29) is 0 Å². The number of halogens is 6. The summed E-state index contributed by atoms with van der Waals surface area (Å²) in [6.45, 7) is 6.38. The van der Waals surface area contributed by atoms with Crippen molar-refractivity contribution in [2.45, 2.75) is 52.1 Å². The Kier molecular flexibility index (Phi) is 4.56. The van der Waals surface area contributed by atoms with Crippen LogP contribution in [0.1, 0.15) is 34.1 Å². The van der Waals surface area contributed by atoms with Gasteiger partial charge in [-0.1, -0.05) is 32.4 Å². The van der Waals surface area contributed by atoms with Gasteiger partial charge in [-0.25, -0.2) is 0 Å². The van der Waals surface area contributed by atoms with Gasteiger partial charge in [-0.05, 0) is 12.3 Å². The second-order valence-corrected chi connectivity index (χ2v) is 5.20. The molecule has 0 atom stereocenters. The molecular weight excluding hydrogens is 262 g/mol. The zero-order valence-corrected chi connectivity index (χ0v) is 10.5. The Labute approximate surface area is 101 Å². The fourth-order valence-corrected chi connectivity index (χ4v) is 0.999. The lowest BCUT2D eigenvalue weighted by Crippen LogP contribution is -2.56. The molecule has 0 fully saturated rings. The molecule has 0 aliphatic rings. The van der Waals surface area contributed by atoms with E-state index in [2.05, 4.69) is 0 Å². The van der Waals surface area contributed by atoms with Gasteiger partial charge in [-0.2, -0.15) is 26.3 Å². The SMILES string of the molecule is C/C(=C/CC(O)(C(F)(F)F)C(F)(F)F)C(C)(C)C. The van der Waals surface area contributed by atoms with E-state index in [4.69, 9.17) is 5.11 Å². The van der Waals surface area contributed by atoms with Crippen LogP contribution < -0.4 is 0 Å². The van der Waals surface area contributed by atoms with Gasteiger partial charge in [0.05, 0.1) is 0 Å². The van der Waals surface area contributed by atoms with Crippen LogP contribution in [-0.4, -0.2) is 23.1 Å². The second-order valence-electron chi connectivity index (χ2n) is 5.20. The fraction of sp³-hybridized carbons (Fsp3) is 0.818. The number of alkyl halides is 6. The average Bonchev–Trinajstić information content (AvgIpc) is 2.07. The van der Waals surface area contributed by atoms with Gasteiger partial charge in [0.1, 0.15) is 0 Å². The number of aliphatic hydroxyl groups is 1. The molecule has 0 unspecified atom stereocenters. The van der Waals surface area contributed by atoms with Crippen molar-refractivity contribution in [3.63, 3.8) is 0 Å². The summed E-state index contributed by atoms with van der Waals surface area (Å²) in [6, 6.07) is 0. The van der Waals surface area contributed by atoms with Crippen molar-refractivity contribution in [2.24, 2.45) is 5.41 Å². The molecule has 0 bridgehead atoms. The molecule has 0 aliphatic carbocycles. The van der Waals surface area contributed by atoms with Crippen LogP contribution in [0.15, 0.2) is 11.6 Å². The van der Waals surface area contributed by atoms with Gasteiger partial charge in [-0.3, -0.25) is 0 Å². The van der Waals surface area contributed by atoms with Crippen molar-refractivity contribution in [1.82, 2.24) is 0 Å². The van der Waals surface area contributed by atoms with Crippen molar-refractivity contribution in [1.29, 1.82) is 0 Å². The largest absolute Gasteiger partial charge is 0.426 e. The first kappa shape index (κ1) is 17.3. The van der Waals surface area contributed by atoms with Crippen molar-refractivity contribution >= 4 is 0 Å². The number of hydrogen-bond acceptors (Lipinski definition) is 1. The molecule has 0 rings (SSSR count). The monoisotopic (exact) mass is 278 g/mol. The first-order valence-electron chi connectivity index (χ1n) is 5.16. The van der Waals surface area contributed by atoms with Gasteiger partial charge in [0, 0.05) is 6.42 Å². The van der Waals surface area contributed by atoms with Crippen LogP contribution in [0, 0.1) is 5.41 Å². The maximum atomic E-state index is 12.3. The minimum Gasteiger partial charge on any atom is -0.373 e. The normalized spacial score (nSPS) is 16.1. The van der Waals surface area contributed by atoms with E-state index in [1.165, 1.54) is 6.92 Å². The summed E-state index contributed by atoms with van der Waals surface area (Å²) >= 11 is 0. The van der Waals surface area contributed by atoms with Crippen LogP contribution in [-0.2, 0) is 0 Å². The summed E-state index contributed by atoms with van der Waals surface area (Å²) in [6.07, 6.45) is -12.3. The molecule has 0 aliphatic heterocycles. The lowest BCUT2D eigenvalue weighted by atomic mass is 9.85. The third-order valence-electron chi connectivity index (χ3n) is 2.82. The smallest absolute Gasteiger partial charge is 0.373 e. The Balaban J connectivity index is 5.34. The van der Waals surface area contributed by atoms with Crippen LogP contribution in [0.25, 0.3) is 0 Å². The van der Waals surface area contributed by atoms with Gasteiger partial charge in [0.2, 0.25) is 0 Å². The summed E-state index contributed by atoms with van der Waals surface area (Å²) in [5, 5.41) is 8.90. The summed E-state index contributed by atoms with van der Waals surface area (Å²) < 4.78 is 74.1. The Morgan fingerprint density at radius 1 is 0.944 bits per heavy atom. The van der Waals surface area contributed by atoms with Crippen molar-refractivity contribution in [3.8, 4) is 0 Å². The highest BCUT2D eigenvalue weighted by molar-refractivity contribution is 5.11. The highest BCUT2D eigenvalue weighted by Crippen LogP contribution is 2.45. The molecular formula is C11H16F6O. The standard InChI is InChI=1S/C11H16F6O/c1-7(8(2,3)4)5-6-9(18,10(12,13)14)11(15,16)17/h5,18H,6H2,1-4H3/b7-5-. The molecule has 0 aromatic rings. The first-order valence-corrected chi connectivity index (χ1v) is 5.16. The third-order valence-corrected chi connectivity index (χ3v) is 2.82. The summed E-state index contributed by atoms with van der Waals surface area (Å²) in [7, 11) is 0. The van der Waals surface area contributed by atoms with Crippen LogP contribution in [0.5, 0.6) is 0 Å². The molecule has 0 saturated heterocycles. The van der Waals surface area contributed by atoms with Gasteiger partial charge >= 0.3 is 12.4 Å². The number of allylic oxidation sites excluding steroid dienone is 1. The molecule has 0 spiro atoms. The molecule has 18 heavy (non-hydrogen) atoms. The van der Waals surface area contributed by atoms with Crippen LogP contribution >= 0.6 is 0 Å². The molecule has 0 radical (unpaired) electrons. The van der Waals surface area contributed by atoms with E-state index in [0.29, 0.717) is 5.57 Å². The quantitative estimate of drug-likeness (QED) is 0.592. The predicted octanol–water partition coefficient (Wildman–Crippen LogP) is 4.22. The van der Waals surface area contributed by atoms with Crippen molar-refractivity contribution < 1.29 is 31.4 Å². The predicted molar refractivity (Wildman–Crippen MR) is 54.9 cm³/mol. The molecule has 1 nitrogen and oxygen atoms in total. The third kappa shape index (κ3) is 3.63. The molecule has 7 heteroatoms. The van der Waals surface area contributed by atoms with Gasteiger partial charge in [-0.15, -0.1) is 0 Å². The maximum Gasteiger partial charge on any atom is 0.426 e. The van der Waals surface area contributed by atoms with Crippen molar-refractivity contribution in [3.05, 3.63) is 11.6 Å². The number of hydrogen-bond donors (Lipinski definition) is 1. The maximum absolute atomic E-state index is 12.3. The minimum absolute atomic E-state index is 0.342. The van der Waals surface area contributed by atoms with E-state index in [9.17, 15) is 26.3 Å². The lowest BCUT2D eigenvalue weighted by molar-refractivity contribution is -0.366. The van der Waals surface area contributed by atoms with E-state index in [1.807, 2.05) is 0 Å². The zero-order valence-electron chi connectivity index (χ0n) is 10.5. The minimum atomic E-state index is -5.76. The molecule has 0 heterocycles. The average molecular weight is 278 g/mol.